The number of fused-ring (bicyclic) bond motifs is 2. The van der Waals surface area contributed by atoms with Crippen LogP contribution in [0.4, 0.5) is 8.78 Å². The van der Waals surface area contributed by atoms with Crippen LogP contribution in [-0.2, 0) is 0 Å². The third-order valence-electron chi connectivity index (χ3n) is 5.20. The average molecular weight is 481 g/mol. The highest BCUT2D eigenvalue weighted by Crippen LogP contribution is 2.35. The molecule has 0 saturated carbocycles. The summed E-state index contributed by atoms with van der Waals surface area (Å²) >= 11 is 12.1. The topological polar surface area (TPSA) is 55.2 Å². The molecule has 1 heterocycles. The van der Waals surface area contributed by atoms with Crippen molar-refractivity contribution >= 4 is 51.6 Å². The van der Waals surface area contributed by atoms with Gasteiger partial charge in [0.25, 0.3) is 0 Å². The van der Waals surface area contributed by atoms with Gasteiger partial charge >= 0.3 is 6.61 Å². The van der Waals surface area contributed by atoms with Crippen molar-refractivity contribution in [2.24, 2.45) is 5.10 Å². The predicted octanol–water partition coefficient (Wildman–Crippen LogP) is 7.05. The van der Waals surface area contributed by atoms with E-state index in [2.05, 4.69) is 20.0 Å². The minimum Gasteiger partial charge on any atom is -0.435 e. The van der Waals surface area contributed by atoms with Crippen molar-refractivity contribution in [3.63, 3.8) is 0 Å². The molecule has 0 aliphatic rings. The highest BCUT2D eigenvalue weighted by Gasteiger charge is 2.13. The first-order valence-corrected chi connectivity index (χ1v) is 10.7. The summed E-state index contributed by atoms with van der Waals surface area (Å²) in [7, 11) is 0. The van der Waals surface area contributed by atoms with Crippen molar-refractivity contribution in [1.82, 2.24) is 14.9 Å². The van der Waals surface area contributed by atoms with Crippen LogP contribution in [0.5, 0.6) is 5.75 Å². The van der Waals surface area contributed by atoms with Crippen LogP contribution in [-0.4, -0.2) is 27.7 Å². The fraction of sp³-hybridized carbons (Fsp3) is 0.0417. The predicted molar refractivity (Wildman–Crippen MR) is 129 cm³/mol. The smallest absolute Gasteiger partial charge is 0.387 e. The van der Waals surface area contributed by atoms with Crippen LogP contribution in [0, 0.1) is 4.77 Å². The van der Waals surface area contributed by atoms with Gasteiger partial charge in [0.2, 0.25) is 4.77 Å². The third kappa shape index (κ3) is 3.99. The number of H-pyrrole nitrogens is 1. The van der Waals surface area contributed by atoms with Gasteiger partial charge in [-0.2, -0.15) is 23.7 Å². The zero-order valence-electron chi connectivity index (χ0n) is 16.9. The second-order valence-electron chi connectivity index (χ2n) is 7.13. The summed E-state index contributed by atoms with van der Waals surface area (Å²) in [5.41, 5.74) is 1.52. The molecule has 4 aromatic carbocycles. The average Bonchev–Trinajstić information content (AvgIpc) is 3.19. The Balaban J connectivity index is 1.62. The van der Waals surface area contributed by atoms with Crippen molar-refractivity contribution in [3.05, 3.63) is 88.2 Å². The van der Waals surface area contributed by atoms with Crippen molar-refractivity contribution < 1.29 is 13.5 Å². The second-order valence-corrected chi connectivity index (χ2v) is 7.90. The van der Waals surface area contributed by atoms with Crippen molar-refractivity contribution in [1.29, 1.82) is 0 Å². The quantitative estimate of drug-likeness (QED) is 0.166. The largest absolute Gasteiger partial charge is 0.435 e. The molecular weight excluding hydrogens is 466 g/mol. The van der Waals surface area contributed by atoms with E-state index in [9.17, 15) is 8.78 Å². The molecule has 0 atom stereocenters. The second kappa shape index (κ2) is 8.73. The Bertz CT molecular complexity index is 1500. The number of halogens is 3. The summed E-state index contributed by atoms with van der Waals surface area (Å²) in [5, 5.41) is 16.0. The van der Waals surface area contributed by atoms with Crippen LogP contribution in [0.25, 0.3) is 32.9 Å². The lowest BCUT2D eigenvalue weighted by atomic mass is 9.97. The first-order chi connectivity index (χ1) is 16.0. The molecule has 0 spiro atoms. The monoisotopic (exact) mass is 480 g/mol. The minimum atomic E-state index is -2.89. The number of alkyl halides is 2. The van der Waals surface area contributed by atoms with Crippen LogP contribution in [0.15, 0.2) is 77.9 Å². The van der Waals surface area contributed by atoms with E-state index in [0.29, 0.717) is 16.4 Å². The number of nitrogens with zero attached hydrogens (tertiary/aromatic N) is 3. The molecule has 0 unspecified atom stereocenters. The minimum absolute atomic E-state index is 0.0528. The van der Waals surface area contributed by atoms with Gasteiger partial charge < -0.3 is 4.74 Å². The van der Waals surface area contributed by atoms with Crippen molar-refractivity contribution in [2.75, 3.05) is 0 Å². The van der Waals surface area contributed by atoms with E-state index in [1.807, 2.05) is 48.5 Å². The van der Waals surface area contributed by atoms with Crippen LogP contribution < -0.4 is 4.74 Å². The Morgan fingerprint density at radius 1 is 0.939 bits per heavy atom. The zero-order valence-corrected chi connectivity index (χ0v) is 18.4. The lowest BCUT2D eigenvalue weighted by Crippen LogP contribution is -2.01. The number of ether oxygens (including phenoxy) is 1. The molecule has 1 N–H and O–H groups in total. The van der Waals surface area contributed by atoms with E-state index in [1.165, 1.54) is 16.8 Å². The van der Waals surface area contributed by atoms with Gasteiger partial charge in [0.15, 0.2) is 5.82 Å². The van der Waals surface area contributed by atoms with E-state index in [-0.39, 0.29) is 10.5 Å². The number of aromatic amines is 1. The Morgan fingerprint density at radius 2 is 1.52 bits per heavy atom. The molecule has 5 aromatic rings. The summed E-state index contributed by atoms with van der Waals surface area (Å²) in [5.74, 6) is 0.486. The third-order valence-corrected chi connectivity index (χ3v) is 5.87. The molecule has 0 amide bonds. The molecular formula is C24H15ClF2N4OS. The fourth-order valence-corrected chi connectivity index (χ4v) is 4.24. The molecule has 164 valence electrons. The molecule has 0 bridgehead atoms. The normalized spacial score (nSPS) is 11.8. The fourth-order valence-electron chi connectivity index (χ4n) is 3.73. The Labute approximate surface area is 196 Å². The van der Waals surface area contributed by atoms with Crippen LogP contribution in [0.3, 0.4) is 0 Å². The number of hydrogen-bond donors (Lipinski definition) is 1. The lowest BCUT2D eigenvalue weighted by Gasteiger charge is -2.10. The van der Waals surface area contributed by atoms with E-state index >= 15 is 0 Å². The van der Waals surface area contributed by atoms with E-state index in [0.717, 1.165) is 27.1 Å². The Kier molecular flexibility index (Phi) is 5.62. The lowest BCUT2D eigenvalue weighted by molar-refractivity contribution is -0.0498. The summed E-state index contributed by atoms with van der Waals surface area (Å²) in [4.78, 5) is 0. The molecule has 0 aliphatic heterocycles. The van der Waals surface area contributed by atoms with Gasteiger partial charge in [-0.15, -0.1) is 0 Å². The number of aromatic nitrogens is 3. The molecule has 0 fully saturated rings. The SMILES string of the molecule is FC(F)Oc1ccc(-c2n[nH]c(=S)n2N=Cc2c3ccccc3c(Cl)c3ccccc23)cc1. The van der Waals surface area contributed by atoms with Crippen LogP contribution in [0.2, 0.25) is 5.02 Å². The maximum atomic E-state index is 12.4. The Morgan fingerprint density at radius 3 is 2.09 bits per heavy atom. The molecule has 0 aliphatic carbocycles. The summed E-state index contributed by atoms with van der Waals surface area (Å²) in [6.07, 6.45) is 1.73. The maximum Gasteiger partial charge on any atom is 0.387 e. The number of rotatable bonds is 5. The maximum absolute atomic E-state index is 12.4. The van der Waals surface area contributed by atoms with Gasteiger partial charge in [-0.1, -0.05) is 60.1 Å². The van der Waals surface area contributed by atoms with Gasteiger partial charge in [0.1, 0.15) is 5.75 Å². The molecule has 33 heavy (non-hydrogen) atoms. The van der Waals surface area contributed by atoms with E-state index in [4.69, 9.17) is 23.8 Å². The van der Waals surface area contributed by atoms with Crippen LogP contribution in [0.1, 0.15) is 5.56 Å². The van der Waals surface area contributed by atoms with Gasteiger partial charge in [-0.25, -0.2) is 5.10 Å². The van der Waals surface area contributed by atoms with E-state index < -0.39 is 6.61 Å². The van der Waals surface area contributed by atoms with E-state index in [1.54, 1.807) is 18.3 Å². The van der Waals surface area contributed by atoms with Gasteiger partial charge in [0, 0.05) is 21.9 Å². The van der Waals surface area contributed by atoms with Gasteiger partial charge in [-0.05, 0) is 47.3 Å². The number of benzene rings is 4. The molecule has 0 saturated heterocycles. The summed E-state index contributed by atoms with van der Waals surface area (Å²) < 4.78 is 31.0. The van der Waals surface area contributed by atoms with Crippen LogP contribution >= 0.6 is 23.8 Å². The first kappa shape index (κ1) is 21.2. The van der Waals surface area contributed by atoms with Gasteiger partial charge in [-0.3, -0.25) is 0 Å². The number of hydrogen-bond acceptors (Lipinski definition) is 4. The van der Waals surface area contributed by atoms with Crippen molar-refractivity contribution in [3.8, 4) is 17.1 Å². The molecule has 5 nitrogen and oxygen atoms in total. The molecule has 0 radical (unpaired) electrons. The summed E-state index contributed by atoms with van der Waals surface area (Å²) in [6, 6.07) is 21.8. The molecule has 9 heteroatoms. The molecule has 1 aromatic heterocycles. The van der Waals surface area contributed by atoms with Crippen molar-refractivity contribution in [2.45, 2.75) is 6.61 Å². The molecule has 5 rings (SSSR count). The first-order valence-electron chi connectivity index (χ1n) is 9.89. The number of nitrogens with one attached hydrogen (secondary N) is 1. The summed E-state index contributed by atoms with van der Waals surface area (Å²) in [6.45, 7) is -2.89. The Hall–Kier alpha value is -3.62. The standard InChI is InChI=1S/C24H15ClF2N4OS/c25-21-18-7-3-1-5-16(18)20(17-6-2-4-8-19(17)21)13-28-31-22(29-30-24(31)33)14-9-11-15(12-10-14)32-23(26)27/h1-13,23H,(H,30,33). The zero-order chi connectivity index (χ0) is 22.9. The van der Waals surface area contributed by atoms with Gasteiger partial charge in [0.05, 0.1) is 11.2 Å². The highest BCUT2D eigenvalue weighted by molar-refractivity contribution is 7.71. The highest BCUT2D eigenvalue weighted by atomic mass is 35.5.